The van der Waals surface area contributed by atoms with Gasteiger partial charge in [-0.3, -0.25) is 9.59 Å². The molecule has 2 amide bonds. The van der Waals surface area contributed by atoms with Gasteiger partial charge in [-0.15, -0.1) is 0 Å². The van der Waals surface area contributed by atoms with Crippen LogP contribution in [0.4, 0.5) is 29.0 Å². The Bertz CT molecular complexity index is 1140. The lowest BCUT2D eigenvalue weighted by Gasteiger charge is -2.26. The fourth-order valence-electron chi connectivity index (χ4n) is 3.19. The summed E-state index contributed by atoms with van der Waals surface area (Å²) in [6.07, 6.45) is 2.59. The van der Waals surface area contributed by atoms with Crippen LogP contribution in [-0.4, -0.2) is 58.0 Å². The molecule has 0 saturated carbocycles. The van der Waals surface area contributed by atoms with Crippen molar-refractivity contribution >= 4 is 40.8 Å². The molecule has 168 valence electrons. The van der Waals surface area contributed by atoms with Gasteiger partial charge in [0.05, 0.1) is 13.2 Å². The highest BCUT2D eigenvalue weighted by atomic mass is 16.5. The summed E-state index contributed by atoms with van der Waals surface area (Å²) >= 11 is 0. The van der Waals surface area contributed by atoms with Gasteiger partial charge in [-0.2, -0.15) is 4.98 Å². The lowest BCUT2D eigenvalue weighted by molar-refractivity contribution is -0.111. The molecule has 1 fully saturated rings. The quantitative estimate of drug-likeness (QED) is 0.475. The molecular weight excluding hydrogens is 422 g/mol. The van der Waals surface area contributed by atoms with Crippen LogP contribution in [0.2, 0.25) is 0 Å². The number of hydrogen-bond acceptors (Lipinski definition) is 8. The number of nitrogens with zero attached hydrogens (tertiary/aromatic N) is 4. The van der Waals surface area contributed by atoms with E-state index in [1.165, 1.54) is 12.4 Å². The van der Waals surface area contributed by atoms with Crippen LogP contribution in [0.1, 0.15) is 10.4 Å². The van der Waals surface area contributed by atoms with Crippen LogP contribution in [0.15, 0.2) is 67.5 Å². The van der Waals surface area contributed by atoms with Crippen molar-refractivity contribution in [2.75, 3.05) is 42.3 Å². The van der Waals surface area contributed by atoms with E-state index in [4.69, 9.17) is 4.74 Å². The Hall–Kier alpha value is -4.31. The Morgan fingerprint density at radius 3 is 2.30 bits per heavy atom. The second-order valence-corrected chi connectivity index (χ2v) is 7.14. The summed E-state index contributed by atoms with van der Waals surface area (Å²) < 4.78 is 5.30. The van der Waals surface area contributed by atoms with E-state index in [1.54, 1.807) is 47.4 Å². The van der Waals surface area contributed by atoms with Gasteiger partial charge in [0.25, 0.3) is 5.91 Å². The lowest BCUT2D eigenvalue weighted by atomic mass is 10.1. The Labute approximate surface area is 190 Å². The molecule has 33 heavy (non-hydrogen) atoms. The zero-order valence-corrected chi connectivity index (χ0v) is 17.8. The maximum absolute atomic E-state index is 12.6. The predicted octanol–water partition coefficient (Wildman–Crippen LogP) is 2.96. The first-order chi connectivity index (χ1) is 16.1. The number of amides is 2. The number of benzene rings is 2. The topological polar surface area (TPSA) is 121 Å². The fraction of sp³-hybridized carbons (Fsp3) is 0.174. The summed E-state index contributed by atoms with van der Waals surface area (Å²) in [5.41, 5.74) is 2.66. The molecule has 3 aromatic rings. The van der Waals surface area contributed by atoms with Crippen molar-refractivity contribution in [3.05, 3.63) is 73.1 Å². The van der Waals surface area contributed by atoms with Gasteiger partial charge in [-0.1, -0.05) is 12.6 Å². The number of aromatic nitrogens is 3. The van der Waals surface area contributed by atoms with E-state index in [0.717, 1.165) is 5.69 Å². The Morgan fingerprint density at radius 1 is 0.939 bits per heavy atom. The van der Waals surface area contributed by atoms with Gasteiger partial charge < -0.3 is 25.6 Å². The number of ether oxygens (including phenoxy) is 1. The molecule has 1 aliphatic heterocycles. The van der Waals surface area contributed by atoms with Crippen molar-refractivity contribution in [2.24, 2.45) is 0 Å². The van der Waals surface area contributed by atoms with Crippen molar-refractivity contribution < 1.29 is 14.3 Å². The maximum Gasteiger partial charge on any atom is 0.254 e. The molecule has 0 spiro atoms. The Kier molecular flexibility index (Phi) is 6.86. The van der Waals surface area contributed by atoms with Crippen LogP contribution in [0.3, 0.4) is 0 Å². The minimum absolute atomic E-state index is 0.0111. The molecule has 10 heteroatoms. The first-order valence-corrected chi connectivity index (χ1v) is 10.3. The lowest BCUT2D eigenvalue weighted by Crippen LogP contribution is -2.40. The second-order valence-electron chi connectivity index (χ2n) is 7.14. The highest BCUT2D eigenvalue weighted by molar-refractivity contribution is 5.99. The van der Waals surface area contributed by atoms with Gasteiger partial charge in [0.2, 0.25) is 17.8 Å². The number of anilines is 5. The maximum atomic E-state index is 12.6. The summed E-state index contributed by atoms with van der Waals surface area (Å²) in [6, 6.07) is 14.3. The second kappa shape index (κ2) is 10.3. The smallest absolute Gasteiger partial charge is 0.254 e. The first kappa shape index (κ1) is 21.9. The summed E-state index contributed by atoms with van der Waals surface area (Å²) in [7, 11) is 0. The van der Waals surface area contributed by atoms with Gasteiger partial charge >= 0.3 is 0 Å². The number of carbonyl (C=O) groups excluding carboxylic acids is 2. The monoisotopic (exact) mass is 445 g/mol. The zero-order valence-electron chi connectivity index (χ0n) is 17.8. The summed E-state index contributed by atoms with van der Waals surface area (Å²) in [4.78, 5) is 38.5. The molecule has 2 heterocycles. The molecule has 3 N–H and O–H groups in total. The van der Waals surface area contributed by atoms with E-state index in [0.29, 0.717) is 55.1 Å². The highest BCUT2D eigenvalue weighted by Crippen LogP contribution is 2.20. The van der Waals surface area contributed by atoms with Crippen LogP contribution in [-0.2, 0) is 9.53 Å². The molecule has 0 unspecified atom stereocenters. The Morgan fingerprint density at radius 2 is 1.61 bits per heavy atom. The van der Waals surface area contributed by atoms with Gasteiger partial charge in [0, 0.05) is 35.7 Å². The molecule has 10 nitrogen and oxygen atoms in total. The first-order valence-electron chi connectivity index (χ1n) is 10.3. The van der Waals surface area contributed by atoms with E-state index in [9.17, 15) is 9.59 Å². The number of hydrogen-bond donors (Lipinski definition) is 3. The highest BCUT2D eigenvalue weighted by Gasteiger charge is 2.18. The van der Waals surface area contributed by atoms with Crippen molar-refractivity contribution in [3.63, 3.8) is 0 Å². The Balaban J connectivity index is 1.40. The van der Waals surface area contributed by atoms with Gasteiger partial charge in [-0.25, -0.2) is 9.97 Å². The molecule has 0 radical (unpaired) electrons. The molecule has 1 aliphatic rings. The molecule has 0 atom stereocenters. The van der Waals surface area contributed by atoms with Gasteiger partial charge in [0.15, 0.2) is 0 Å². The minimum Gasteiger partial charge on any atom is -0.378 e. The molecule has 0 aliphatic carbocycles. The van der Waals surface area contributed by atoms with E-state index in [1.807, 2.05) is 6.07 Å². The van der Waals surface area contributed by atoms with Crippen LogP contribution >= 0.6 is 0 Å². The van der Waals surface area contributed by atoms with Crippen molar-refractivity contribution in [1.29, 1.82) is 0 Å². The van der Waals surface area contributed by atoms with Crippen molar-refractivity contribution in [3.8, 4) is 0 Å². The molecule has 1 saturated heterocycles. The van der Waals surface area contributed by atoms with Gasteiger partial charge in [-0.05, 0) is 48.5 Å². The number of rotatable bonds is 7. The summed E-state index contributed by atoms with van der Waals surface area (Å²) in [5, 5.41) is 8.89. The van der Waals surface area contributed by atoms with E-state index in [2.05, 4.69) is 37.5 Å². The van der Waals surface area contributed by atoms with Crippen molar-refractivity contribution in [1.82, 2.24) is 19.9 Å². The predicted molar refractivity (Wildman–Crippen MR) is 125 cm³/mol. The van der Waals surface area contributed by atoms with Crippen LogP contribution in [0.25, 0.3) is 0 Å². The SMILES string of the molecule is C=CC(=O)Nc1cccc(Nc2ncnc(Nc3ccc(C(=O)N4CCOCC4)cc3)n2)c1. The van der Waals surface area contributed by atoms with Gasteiger partial charge in [0.1, 0.15) is 6.33 Å². The number of carbonyl (C=O) groups is 2. The summed E-state index contributed by atoms with van der Waals surface area (Å²) in [5.74, 6) is 0.370. The normalized spacial score (nSPS) is 13.2. The van der Waals surface area contributed by atoms with E-state index in [-0.39, 0.29) is 11.8 Å². The van der Waals surface area contributed by atoms with Crippen molar-refractivity contribution in [2.45, 2.75) is 0 Å². The number of nitrogens with one attached hydrogen (secondary N) is 3. The fourth-order valence-corrected chi connectivity index (χ4v) is 3.19. The van der Waals surface area contributed by atoms with E-state index < -0.39 is 0 Å². The molecule has 2 aromatic carbocycles. The third-order valence-electron chi connectivity index (χ3n) is 4.83. The average Bonchev–Trinajstić information content (AvgIpc) is 2.85. The minimum atomic E-state index is -0.295. The third kappa shape index (κ3) is 5.89. The van der Waals surface area contributed by atoms with E-state index >= 15 is 0 Å². The van der Waals surface area contributed by atoms with Crippen LogP contribution < -0.4 is 16.0 Å². The largest absolute Gasteiger partial charge is 0.378 e. The number of morpholine rings is 1. The zero-order chi connectivity index (χ0) is 23.0. The molecule has 0 bridgehead atoms. The molecule has 4 rings (SSSR count). The average molecular weight is 445 g/mol. The third-order valence-corrected chi connectivity index (χ3v) is 4.83. The summed E-state index contributed by atoms with van der Waals surface area (Å²) in [6.45, 7) is 5.77. The van der Waals surface area contributed by atoms with Crippen LogP contribution in [0, 0.1) is 0 Å². The standard InChI is InChI=1S/C23H23N7O3/c1-2-20(31)26-18-4-3-5-19(14-18)28-23-25-15-24-22(29-23)27-17-8-6-16(7-9-17)21(32)30-10-12-33-13-11-30/h2-9,14-15H,1,10-13H2,(H,26,31)(H2,24,25,27,28,29). The van der Waals surface area contributed by atoms with Crippen LogP contribution in [0.5, 0.6) is 0 Å². The molecule has 1 aromatic heterocycles. The molecular formula is C23H23N7O3.